The molecule has 0 amide bonds. The number of rotatable bonds is 6. The molecule has 4 heteroatoms. The number of nitrogens with one attached hydrogen (secondary N) is 2. The zero-order valence-electron chi connectivity index (χ0n) is 11.5. The fraction of sp³-hybridized carbons (Fsp3) is 0.692. The average Bonchev–Trinajstić information content (AvgIpc) is 2.35. The molecule has 0 aliphatic rings. The van der Waals surface area contributed by atoms with Crippen molar-refractivity contribution in [2.75, 3.05) is 24.2 Å². The van der Waals surface area contributed by atoms with Crippen LogP contribution in [-0.4, -0.2) is 23.6 Å². The maximum atomic E-state index is 4.52. The van der Waals surface area contributed by atoms with E-state index in [0.29, 0.717) is 11.8 Å². The average molecular weight is 236 g/mol. The van der Waals surface area contributed by atoms with Crippen molar-refractivity contribution in [3.8, 4) is 0 Å². The second-order valence-electron chi connectivity index (χ2n) is 4.80. The summed E-state index contributed by atoms with van der Waals surface area (Å²) in [5.41, 5.74) is 0. The lowest BCUT2D eigenvalue weighted by Gasteiger charge is -2.13. The van der Waals surface area contributed by atoms with E-state index >= 15 is 0 Å². The van der Waals surface area contributed by atoms with Gasteiger partial charge in [0.1, 0.15) is 17.5 Å². The summed E-state index contributed by atoms with van der Waals surface area (Å²) in [5.74, 6) is 3.66. The summed E-state index contributed by atoms with van der Waals surface area (Å²) in [4.78, 5) is 8.96. The van der Waals surface area contributed by atoms with Crippen LogP contribution in [0.3, 0.4) is 0 Å². The van der Waals surface area contributed by atoms with E-state index in [1.807, 2.05) is 13.1 Å². The van der Waals surface area contributed by atoms with Crippen molar-refractivity contribution in [1.82, 2.24) is 9.97 Å². The van der Waals surface area contributed by atoms with Gasteiger partial charge < -0.3 is 10.6 Å². The molecule has 0 saturated carbocycles. The SMILES string of the molecule is CCC(C)CNc1cc(NC)nc(C(C)C)n1. The maximum Gasteiger partial charge on any atom is 0.135 e. The van der Waals surface area contributed by atoms with Crippen LogP contribution in [0.5, 0.6) is 0 Å². The Labute approximate surface area is 104 Å². The molecule has 1 atom stereocenters. The third kappa shape index (κ3) is 4.21. The van der Waals surface area contributed by atoms with Crippen LogP contribution in [0.2, 0.25) is 0 Å². The number of anilines is 2. The predicted molar refractivity (Wildman–Crippen MR) is 73.6 cm³/mol. The first-order valence-corrected chi connectivity index (χ1v) is 6.37. The van der Waals surface area contributed by atoms with Gasteiger partial charge in [-0.05, 0) is 5.92 Å². The molecule has 96 valence electrons. The van der Waals surface area contributed by atoms with Gasteiger partial charge in [-0.3, -0.25) is 0 Å². The van der Waals surface area contributed by atoms with Gasteiger partial charge in [-0.2, -0.15) is 0 Å². The molecule has 4 nitrogen and oxygen atoms in total. The lowest BCUT2D eigenvalue weighted by atomic mass is 10.1. The van der Waals surface area contributed by atoms with E-state index < -0.39 is 0 Å². The first kappa shape index (κ1) is 13.7. The number of hydrogen-bond acceptors (Lipinski definition) is 4. The van der Waals surface area contributed by atoms with Gasteiger partial charge in [0.05, 0.1) is 0 Å². The summed E-state index contributed by atoms with van der Waals surface area (Å²) in [5, 5.41) is 6.45. The van der Waals surface area contributed by atoms with Crippen molar-refractivity contribution in [2.24, 2.45) is 5.92 Å². The minimum Gasteiger partial charge on any atom is -0.373 e. The van der Waals surface area contributed by atoms with E-state index in [1.165, 1.54) is 6.42 Å². The Morgan fingerprint density at radius 2 is 1.82 bits per heavy atom. The largest absolute Gasteiger partial charge is 0.373 e. The van der Waals surface area contributed by atoms with Crippen LogP contribution >= 0.6 is 0 Å². The minimum atomic E-state index is 0.340. The van der Waals surface area contributed by atoms with Crippen LogP contribution in [0.25, 0.3) is 0 Å². The monoisotopic (exact) mass is 236 g/mol. The number of nitrogens with zero attached hydrogens (tertiary/aromatic N) is 2. The van der Waals surface area contributed by atoms with Gasteiger partial charge in [0.25, 0.3) is 0 Å². The van der Waals surface area contributed by atoms with E-state index in [1.54, 1.807) is 0 Å². The molecule has 0 bridgehead atoms. The summed E-state index contributed by atoms with van der Waals surface area (Å²) in [6, 6.07) is 1.95. The highest BCUT2D eigenvalue weighted by molar-refractivity contribution is 5.47. The van der Waals surface area contributed by atoms with Crippen molar-refractivity contribution in [2.45, 2.75) is 40.0 Å². The fourth-order valence-electron chi connectivity index (χ4n) is 1.37. The standard InChI is InChI=1S/C13H24N4/c1-6-10(4)8-15-12-7-11(14-5)16-13(17-12)9(2)3/h7,9-10H,6,8H2,1-5H3,(H2,14,15,16,17). The molecule has 1 unspecified atom stereocenters. The van der Waals surface area contributed by atoms with Crippen molar-refractivity contribution in [1.29, 1.82) is 0 Å². The smallest absolute Gasteiger partial charge is 0.135 e. The molecular weight excluding hydrogens is 212 g/mol. The predicted octanol–water partition coefficient (Wildman–Crippen LogP) is 3.10. The maximum absolute atomic E-state index is 4.52. The molecule has 0 spiro atoms. The molecule has 1 heterocycles. The molecule has 0 saturated heterocycles. The first-order valence-electron chi connectivity index (χ1n) is 6.37. The van der Waals surface area contributed by atoms with Gasteiger partial charge in [-0.1, -0.05) is 34.1 Å². The number of hydrogen-bond donors (Lipinski definition) is 2. The summed E-state index contributed by atoms with van der Waals surface area (Å²) in [6.07, 6.45) is 1.17. The van der Waals surface area contributed by atoms with Crippen LogP contribution in [0.15, 0.2) is 6.07 Å². The van der Waals surface area contributed by atoms with Crippen molar-refractivity contribution < 1.29 is 0 Å². The van der Waals surface area contributed by atoms with Gasteiger partial charge in [-0.25, -0.2) is 9.97 Å². The lowest BCUT2D eigenvalue weighted by Crippen LogP contribution is -2.13. The molecule has 0 aliphatic carbocycles. The molecule has 17 heavy (non-hydrogen) atoms. The van der Waals surface area contributed by atoms with Gasteiger partial charge in [0.15, 0.2) is 0 Å². The zero-order valence-corrected chi connectivity index (χ0v) is 11.5. The van der Waals surface area contributed by atoms with E-state index in [0.717, 1.165) is 24.0 Å². The summed E-state index contributed by atoms with van der Waals surface area (Å²) in [7, 11) is 1.88. The second kappa shape index (κ2) is 6.42. The van der Waals surface area contributed by atoms with Gasteiger partial charge in [0.2, 0.25) is 0 Å². The quantitative estimate of drug-likeness (QED) is 0.797. The zero-order chi connectivity index (χ0) is 12.8. The molecule has 0 aliphatic heterocycles. The van der Waals surface area contributed by atoms with Crippen molar-refractivity contribution in [3.63, 3.8) is 0 Å². The van der Waals surface area contributed by atoms with Crippen LogP contribution in [0, 0.1) is 5.92 Å². The van der Waals surface area contributed by atoms with Crippen molar-refractivity contribution >= 4 is 11.6 Å². The Kier molecular flexibility index (Phi) is 5.19. The van der Waals surface area contributed by atoms with Crippen molar-refractivity contribution in [3.05, 3.63) is 11.9 Å². The molecule has 0 radical (unpaired) electrons. The molecule has 1 rings (SSSR count). The normalized spacial score (nSPS) is 12.6. The van der Waals surface area contributed by atoms with E-state index in [-0.39, 0.29) is 0 Å². The Balaban J connectivity index is 2.80. The topological polar surface area (TPSA) is 49.8 Å². The molecule has 0 aromatic carbocycles. The van der Waals surface area contributed by atoms with Crippen LogP contribution in [0.1, 0.15) is 45.9 Å². The van der Waals surface area contributed by atoms with Gasteiger partial charge >= 0.3 is 0 Å². The molecule has 2 N–H and O–H groups in total. The Morgan fingerprint density at radius 1 is 1.18 bits per heavy atom. The highest BCUT2D eigenvalue weighted by atomic mass is 15.1. The Hall–Kier alpha value is -1.32. The highest BCUT2D eigenvalue weighted by Crippen LogP contribution is 2.17. The molecule has 0 fully saturated rings. The Bertz CT molecular complexity index is 349. The summed E-state index contributed by atoms with van der Waals surface area (Å²) >= 11 is 0. The van der Waals surface area contributed by atoms with Crippen LogP contribution < -0.4 is 10.6 Å². The lowest BCUT2D eigenvalue weighted by molar-refractivity contribution is 0.592. The fourth-order valence-corrected chi connectivity index (χ4v) is 1.37. The van der Waals surface area contributed by atoms with Gasteiger partial charge in [0, 0.05) is 25.6 Å². The Morgan fingerprint density at radius 3 is 2.35 bits per heavy atom. The highest BCUT2D eigenvalue weighted by Gasteiger charge is 2.07. The first-order chi connectivity index (χ1) is 8.06. The summed E-state index contributed by atoms with van der Waals surface area (Å²) < 4.78 is 0. The molecule has 1 aromatic rings. The van der Waals surface area contributed by atoms with E-state index in [9.17, 15) is 0 Å². The molecule has 1 aromatic heterocycles. The van der Waals surface area contributed by atoms with E-state index in [2.05, 4.69) is 48.3 Å². The molecular formula is C13H24N4. The summed E-state index contributed by atoms with van der Waals surface area (Å²) in [6.45, 7) is 9.59. The minimum absolute atomic E-state index is 0.340. The third-order valence-corrected chi connectivity index (χ3v) is 2.84. The second-order valence-corrected chi connectivity index (χ2v) is 4.80. The third-order valence-electron chi connectivity index (χ3n) is 2.84. The van der Waals surface area contributed by atoms with Crippen LogP contribution in [0.4, 0.5) is 11.6 Å². The van der Waals surface area contributed by atoms with E-state index in [4.69, 9.17) is 0 Å². The number of aromatic nitrogens is 2. The van der Waals surface area contributed by atoms with Crippen LogP contribution in [-0.2, 0) is 0 Å². The van der Waals surface area contributed by atoms with Gasteiger partial charge in [-0.15, -0.1) is 0 Å².